The molecule has 0 spiro atoms. The fraction of sp³-hybridized carbons (Fsp3) is 0.375. The summed E-state index contributed by atoms with van der Waals surface area (Å²) in [5.74, 6) is 0.760. The maximum Gasteiger partial charge on any atom is 0.189 e. The number of thiazole rings is 1. The Balaban J connectivity index is 1.54. The highest BCUT2D eigenvalue weighted by Gasteiger charge is 2.19. The molecule has 116 valence electrons. The van der Waals surface area contributed by atoms with Gasteiger partial charge in [-0.2, -0.15) is 0 Å². The fourth-order valence-corrected chi connectivity index (χ4v) is 4.05. The second-order valence-corrected chi connectivity index (χ2v) is 7.60. The van der Waals surface area contributed by atoms with Crippen molar-refractivity contribution in [3.63, 3.8) is 0 Å². The van der Waals surface area contributed by atoms with Crippen LogP contribution >= 0.6 is 35.2 Å². The van der Waals surface area contributed by atoms with Crippen LogP contribution in [-0.2, 0) is 19.4 Å². The minimum atomic E-state index is 0.606. The summed E-state index contributed by atoms with van der Waals surface area (Å²) >= 11 is 12.9. The van der Waals surface area contributed by atoms with Crippen molar-refractivity contribution >= 4 is 45.4 Å². The summed E-state index contributed by atoms with van der Waals surface area (Å²) in [6.07, 6.45) is 3.45. The molecular weight excluding hydrogens is 334 g/mol. The summed E-state index contributed by atoms with van der Waals surface area (Å²) in [5.41, 5.74) is 2.38. The van der Waals surface area contributed by atoms with Crippen LogP contribution in [0.2, 0.25) is 5.02 Å². The normalized spacial score (nSPS) is 16.9. The van der Waals surface area contributed by atoms with Crippen LogP contribution in [0.5, 0.6) is 0 Å². The van der Waals surface area contributed by atoms with Crippen LogP contribution in [0.25, 0.3) is 0 Å². The Morgan fingerprint density at radius 1 is 1.41 bits per heavy atom. The summed E-state index contributed by atoms with van der Waals surface area (Å²) in [7, 11) is 0. The largest absolute Gasteiger partial charge is 0.358 e. The molecule has 22 heavy (non-hydrogen) atoms. The predicted octanol–water partition coefficient (Wildman–Crippen LogP) is 4.41. The van der Waals surface area contributed by atoms with Crippen molar-refractivity contribution in [2.45, 2.75) is 32.7 Å². The summed E-state index contributed by atoms with van der Waals surface area (Å²) in [6.45, 7) is 2.97. The zero-order valence-corrected chi connectivity index (χ0v) is 14.7. The Labute approximate surface area is 145 Å². The van der Waals surface area contributed by atoms with Gasteiger partial charge in [0.15, 0.2) is 10.2 Å². The van der Waals surface area contributed by atoms with Gasteiger partial charge in [0.1, 0.15) is 0 Å². The highest BCUT2D eigenvalue weighted by atomic mass is 35.5. The standard InChI is InChI=1S/C16H18ClN3S2/c1-10-2-7-13-14(8-10)22-16(19-13)20-15(21)18-9-11-3-5-12(17)6-4-11/h3-6,10H,2,7-9H2,1H3,(H2,18,19,20,21)/t10-/m0/s1. The van der Waals surface area contributed by atoms with Gasteiger partial charge in [0, 0.05) is 16.4 Å². The van der Waals surface area contributed by atoms with E-state index in [9.17, 15) is 0 Å². The summed E-state index contributed by atoms with van der Waals surface area (Å²) in [6, 6.07) is 7.74. The second-order valence-electron chi connectivity index (χ2n) is 5.67. The number of nitrogens with one attached hydrogen (secondary N) is 2. The zero-order valence-electron chi connectivity index (χ0n) is 12.4. The third-order valence-corrected chi connectivity index (χ3v) is 5.31. The molecule has 0 aliphatic heterocycles. The fourth-order valence-electron chi connectivity index (χ4n) is 2.52. The number of hydrogen-bond acceptors (Lipinski definition) is 3. The molecule has 1 aromatic carbocycles. The molecule has 1 atom stereocenters. The first kappa shape index (κ1) is 15.7. The van der Waals surface area contributed by atoms with Gasteiger partial charge in [0.05, 0.1) is 5.69 Å². The van der Waals surface area contributed by atoms with Gasteiger partial charge in [-0.15, -0.1) is 11.3 Å². The zero-order chi connectivity index (χ0) is 15.5. The van der Waals surface area contributed by atoms with E-state index in [1.165, 1.54) is 17.0 Å². The molecule has 0 amide bonds. The number of nitrogens with zero attached hydrogens (tertiary/aromatic N) is 1. The maximum absolute atomic E-state index is 5.88. The van der Waals surface area contributed by atoms with E-state index in [1.807, 2.05) is 24.3 Å². The number of rotatable bonds is 3. The molecular formula is C16H18ClN3S2. The van der Waals surface area contributed by atoms with Crippen molar-refractivity contribution < 1.29 is 0 Å². The monoisotopic (exact) mass is 351 g/mol. The lowest BCUT2D eigenvalue weighted by Crippen LogP contribution is -2.27. The SMILES string of the molecule is C[C@H]1CCc2nc(NC(=S)NCc3ccc(Cl)cc3)sc2C1. The average Bonchev–Trinajstić information content (AvgIpc) is 2.88. The first-order chi connectivity index (χ1) is 10.6. The minimum Gasteiger partial charge on any atom is -0.358 e. The number of benzene rings is 1. The molecule has 1 aliphatic rings. The lowest BCUT2D eigenvalue weighted by molar-refractivity contribution is 0.502. The molecule has 0 saturated heterocycles. The van der Waals surface area contributed by atoms with Crippen molar-refractivity contribution in [2.75, 3.05) is 5.32 Å². The van der Waals surface area contributed by atoms with E-state index in [4.69, 9.17) is 23.8 Å². The molecule has 2 aromatic rings. The number of fused-ring (bicyclic) bond motifs is 1. The molecule has 0 saturated carbocycles. The minimum absolute atomic E-state index is 0.606. The van der Waals surface area contributed by atoms with Crippen molar-refractivity contribution in [3.05, 3.63) is 45.4 Å². The van der Waals surface area contributed by atoms with Crippen molar-refractivity contribution in [1.82, 2.24) is 10.3 Å². The second kappa shape index (κ2) is 6.94. The van der Waals surface area contributed by atoms with Gasteiger partial charge in [-0.25, -0.2) is 4.98 Å². The molecule has 2 N–H and O–H groups in total. The molecule has 3 rings (SSSR count). The molecule has 0 bridgehead atoms. The average molecular weight is 352 g/mol. The van der Waals surface area contributed by atoms with E-state index in [0.29, 0.717) is 11.7 Å². The highest BCUT2D eigenvalue weighted by molar-refractivity contribution is 7.80. The summed E-state index contributed by atoms with van der Waals surface area (Å²) in [4.78, 5) is 6.06. The summed E-state index contributed by atoms with van der Waals surface area (Å²) in [5, 5.41) is 8.64. The smallest absolute Gasteiger partial charge is 0.189 e. The van der Waals surface area contributed by atoms with Crippen molar-refractivity contribution in [1.29, 1.82) is 0 Å². The van der Waals surface area contributed by atoms with Gasteiger partial charge < -0.3 is 10.6 Å². The Hall–Kier alpha value is -1.17. The molecule has 0 radical (unpaired) electrons. The number of aryl methyl sites for hydroxylation is 1. The van der Waals surface area contributed by atoms with Gasteiger partial charge in [-0.1, -0.05) is 30.7 Å². The predicted molar refractivity (Wildman–Crippen MR) is 97.8 cm³/mol. The number of halogens is 1. The number of hydrogen-bond donors (Lipinski definition) is 2. The molecule has 0 unspecified atom stereocenters. The molecule has 1 aliphatic carbocycles. The quantitative estimate of drug-likeness (QED) is 0.803. The number of aromatic nitrogens is 1. The van der Waals surface area contributed by atoms with Crippen LogP contribution in [0.15, 0.2) is 24.3 Å². The lowest BCUT2D eigenvalue weighted by atomic mass is 9.93. The Kier molecular flexibility index (Phi) is 4.96. The lowest BCUT2D eigenvalue weighted by Gasteiger charge is -2.15. The van der Waals surface area contributed by atoms with E-state index < -0.39 is 0 Å². The Bertz CT molecular complexity index is 667. The van der Waals surface area contributed by atoms with E-state index in [0.717, 1.165) is 34.5 Å². The van der Waals surface area contributed by atoms with Crippen LogP contribution in [0.1, 0.15) is 29.5 Å². The molecule has 3 nitrogen and oxygen atoms in total. The summed E-state index contributed by atoms with van der Waals surface area (Å²) < 4.78 is 0. The maximum atomic E-state index is 5.88. The molecule has 6 heteroatoms. The third-order valence-electron chi connectivity index (χ3n) is 3.77. The first-order valence-corrected chi connectivity index (χ1v) is 8.98. The number of thiocarbonyl (C=S) groups is 1. The van der Waals surface area contributed by atoms with Crippen molar-refractivity contribution in [2.24, 2.45) is 5.92 Å². The van der Waals surface area contributed by atoms with Crippen LogP contribution < -0.4 is 10.6 Å². The van der Waals surface area contributed by atoms with Crippen LogP contribution in [0, 0.1) is 5.92 Å². The van der Waals surface area contributed by atoms with Gasteiger partial charge >= 0.3 is 0 Å². The first-order valence-electron chi connectivity index (χ1n) is 7.38. The van der Waals surface area contributed by atoms with Crippen molar-refractivity contribution in [3.8, 4) is 0 Å². The van der Waals surface area contributed by atoms with Gasteiger partial charge in [0.25, 0.3) is 0 Å². The van der Waals surface area contributed by atoms with E-state index in [-0.39, 0.29) is 0 Å². The van der Waals surface area contributed by atoms with Crippen LogP contribution in [0.4, 0.5) is 5.13 Å². The molecule has 1 aromatic heterocycles. The van der Waals surface area contributed by atoms with Gasteiger partial charge in [-0.05, 0) is 55.1 Å². The third kappa shape index (κ3) is 3.97. The number of anilines is 1. The Morgan fingerprint density at radius 3 is 2.95 bits per heavy atom. The Morgan fingerprint density at radius 2 is 2.18 bits per heavy atom. The van der Waals surface area contributed by atoms with E-state index in [2.05, 4.69) is 22.5 Å². The topological polar surface area (TPSA) is 37.0 Å². The highest BCUT2D eigenvalue weighted by Crippen LogP contribution is 2.31. The van der Waals surface area contributed by atoms with E-state index in [1.54, 1.807) is 11.3 Å². The van der Waals surface area contributed by atoms with Crippen LogP contribution in [-0.4, -0.2) is 10.1 Å². The van der Waals surface area contributed by atoms with Gasteiger partial charge in [-0.3, -0.25) is 0 Å². The molecule has 0 fully saturated rings. The van der Waals surface area contributed by atoms with Crippen LogP contribution in [0.3, 0.4) is 0 Å². The van der Waals surface area contributed by atoms with Gasteiger partial charge in [0.2, 0.25) is 0 Å². The molecule has 1 heterocycles. The van der Waals surface area contributed by atoms with E-state index >= 15 is 0 Å².